The molecule has 128 valence electrons. The fourth-order valence-corrected chi connectivity index (χ4v) is 3.06. The van der Waals surface area contributed by atoms with Gasteiger partial charge in [-0.05, 0) is 42.7 Å². The molecule has 0 aliphatic heterocycles. The van der Waals surface area contributed by atoms with E-state index in [0.717, 1.165) is 16.7 Å². The number of rotatable bonds is 5. The van der Waals surface area contributed by atoms with Gasteiger partial charge in [0, 0.05) is 7.05 Å². The molecule has 0 aliphatic carbocycles. The van der Waals surface area contributed by atoms with Gasteiger partial charge in [0.2, 0.25) is 15.9 Å². The summed E-state index contributed by atoms with van der Waals surface area (Å²) in [6, 6.07) is 13.9. The lowest BCUT2D eigenvalue weighted by molar-refractivity contribution is -0.131. The van der Waals surface area contributed by atoms with E-state index in [1.54, 1.807) is 24.1 Å². The second-order valence-corrected chi connectivity index (χ2v) is 7.46. The Labute approximate surface area is 143 Å². The highest BCUT2D eigenvalue weighted by Gasteiger charge is 2.19. The third-order valence-corrected chi connectivity index (χ3v) is 5.16. The van der Waals surface area contributed by atoms with Gasteiger partial charge in [0.15, 0.2) is 0 Å². The summed E-state index contributed by atoms with van der Waals surface area (Å²) in [5.74, 6) is -0.0298. The van der Waals surface area contributed by atoms with Crippen LogP contribution in [0.2, 0.25) is 0 Å². The van der Waals surface area contributed by atoms with Crippen molar-refractivity contribution < 1.29 is 13.2 Å². The molecular weight excluding hydrogens is 324 g/mol. The highest BCUT2D eigenvalue weighted by molar-refractivity contribution is 7.89. The van der Waals surface area contributed by atoms with Gasteiger partial charge in [0.25, 0.3) is 0 Å². The number of sulfonamides is 1. The van der Waals surface area contributed by atoms with E-state index >= 15 is 0 Å². The first-order valence-electron chi connectivity index (χ1n) is 7.63. The van der Waals surface area contributed by atoms with E-state index in [0.29, 0.717) is 6.42 Å². The van der Waals surface area contributed by atoms with E-state index in [9.17, 15) is 13.2 Å². The predicted molar refractivity (Wildman–Crippen MR) is 93.9 cm³/mol. The molecule has 6 heteroatoms. The monoisotopic (exact) mass is 346 g/mol. The predicted octanol–water partition coefficient (Wildman–Crippen LogP) is 2.40. The minimum absolute atomic E-state index is 0.0298. The third kappa shape index (κ3) is 4.21. The van der Waals surface area contributed by atoms with Gasteiger partial charge >= 0.3 is 0 Å². The second-order valence-electron chi connectivity index (χ2n) is 5.90. The zero-order chi connectivity index (χ0) is 17.9. The number of carbonyl (C=O) groups excluding carboxylic acids is 1. The van der Waals surface area contributed by atoms with Crippen molar-refractivity contribution in [3.63, 3.8) is 0 Å². The number of nitrogens with zero attached hydrogens (tertiary/aromatic N) is 1. The number of carbonyl (C=O) groups is 1. The van der Waals surface area contributed by atoms with E-state index in [2.05, 4.69) is 0 Å². The summed E-state index contributed by atoms with van der Waals surface area (Å²) in [6.45, 7) is 3.83. The SMILES string of the molecule is Cc1ccccc1CC(=O)N(C)[C@@H](C)c1cccc(S(N)(=O)=O)c1. The third-order valence-electron chi connectivity index (χ3n) is 4.25. The Morgan fingerprint density at radius 3 is 2.46 bits per heavy atom. The van der Waals surface area contributed by atoms with Crippen LogP contribution < -0.4 is 5.14 Å². The van der Waals surface area contributed by atoms with Crippen molar-refractivity contribution in [3.8, 4) is 0 Å². The molecule has 0 heterocycles. The van der Waals surface area contributed by atoms with Gasteiger partial charge in [0.1, 0.15) is 0 Å². The molecule has 5 nitrogen and oxygen atoms in total. The lowest BCUT2D eigenvalue weighted by atomic mass is 10.0. The van der Waals surface area contributed by atoms with Gasteiger partial charge in [-0.15, -0.1) is 0 Å². The first-order valence-corrected chi connectivity index (χ1v) is 9.17. The van der Waals surface area contributed by atoms with Crippen LogP contribution in [0.1, 0.15) is 29.7 Å². The molecule has 1 amide bonds. The normalized spacial score (nSPS) is 12.7. The molecule has 1 atom stereocenters. The lowest BCUT2D eigenvalue weighted by Crippen LogP contribution is -2.31. The molecule has 0 unspecified atom stereocenters. The Bertz CT molecular complexity index is 847. The highest BCUT2D eigenvalue weighted by Crippen LogP contribution is 2.22. The molecule has 0 aromatic heterocycles. The quantitative estimate of drug-likeness (QED) is 0.903. The van der Waals surface area contributed by atoms with Gasteiger partial charge in [-0.25, -0.2) is 13.6 Å². The molecule has 0 bridgehead atoms. The average molecular weight is 346 g/mol. The average Bonchev–Trinajstić information content (AvgIpc) is 2.55. The van der Waals surface area contributed by atoms with Crippen LogP contribution in [0.25, 0.3) is 0 Å². The molecule has 2 aromatic rings. The Hall–Kier alpha value is -2.18. The van der Waals surface area contributed by atoms with E-state index < -0.39 is 10.0 Å². The van der Waals surface area contributed by atoms with Crippen LogP contribution >= 0.6 is 0 Å². The number of primary sulfonamides is 1. The van der Waals surface area contributed by atoms with Gasteiger partial charge < -0.3 is 4.90 Å². The Morgan fingerprint density at radius 1 is 1.17 bits per heavy atom. The van der Waals surface area contributed by atoms with Crippen LogP contribution in [0.3, 0.4) is 0 Å². The number of likely N-dealkylation sites (N-methyl/N-ethyl adjacent to an activating group) is 1. The summed E-state index contributed by atoms with van der Waals surface area (Å²) in [5, 5.41) is 5.17. The summed E-state index contributed by atoms with van der Waals surface area (Å²) >= 11 is 0. The van der Waals surface area contributed by atoms with Crippen molar-refractivity contribution in [1.82, 2.24) is 4.90 Å². The Kier molecular flexibility index (Phi) is 5.41. The van der Waals surface area contributed by atoms with Crippen LogP contribution in [-0.4, -0.2) is 26.3 Å². The van der Waals surface area contributed by atoms with E-state index in [-0.39, 0.29) is 16.8 Å². The maximum Gasteiger partial charge on any atom is 0.238 e. The van der Waals surface area contributed by atoms with E-state index in [1.165, 1.54) is 12.1 Å². The Morgan fingerprint density at radius 2 is 1.83 bits per heavy atom. The van der Waals surface area contributed by atoms with Crippen molar-refractivity contribution in [2.24, 2.45) is 5.14 Å². The van der Waals surface area contributed by atoms with Gasteiger partial charge in [-0.2, -0.15) is 0 Å². The van der Waals surface area contributed by atoms with Crippen LogP contribution in [0.15, 0.2) is 53.4 Å². The first kappa shape index (κ1) is 18.2. The van der Waals surface area contributed by atoms with Crippen molar-refractivity contribution in [2.75, 3.05) is 7.05 Å². The number of benzene rings is 2. The molecule has 0 saturated carbocycles. The minimum atomic E-state index is -3.76. The van der Waals surface area contributed by atoms with E-state index in [4.69, 9.17) is 5.14 Å². The fourth-order valence-electron chi connectivity index (χ4n) is 2.49. The summed E-state index contributed by atoms with van der Waals surface area (Å²) in [6.07, 6.45) is 0.308. The molecule has 0 aliphatic rings. The number of hydrogen-bond donors (Lipinski definition) is 1. The van der Waals surface area contributed by atoms with E-state index in [1.807, 2.05) is 38.1 Å². The molecule has 0 fully saturated rings. The van der Waals surface area contributed by atoms with Crippen LogP contribution in [0.4, 0.5) is 0 Å². The maximum atomic E-state index is 12.5. The molecule has 2 N–H and O–H groups in total. The summed E-state index contributed by atoms with van der Waals surface area (Å²) in [5.41, 5.74) is 2.78. The van der Waals surface area contributed by atoms with Gasteiger partial charge in [-0.3, -0.25) is 4.79 Å². The largest absolute Gasteiger partial charge is 0.339 e. The fraction of sp³-hybridized carbons (Fsp3) is 0.278. The number of amides is 1. The van der Waals surface area contributed by atoms with Crippen molar-refractivity contribution in [3.05, 3.63) is 65.2 Å². The molecule has 0 spiro atoms. The Balaban J connectivity index is 2.19. The lowest BCUT2D eigenvalue weighted by Gasteiger charge is -2.26. The molecule has 2 aromatic carbocycles. The maximum absolute atomic E-state index is 12.5. The molecule has 0 radical (unpaired) electrons. The molecule has 2 rings (SSSR count). The number of nitrogens with two attached hydrogens (primary N) is 1. The molecular formula is C18H22N2O3S. The summed E-state index contributed by atoms with van der Waals surface area (Å²) in [7, 11) is -2.05. The van der Waals surface area contributed by atoms with Gasteiger partial charge in [0.05, 0.1) is 17.4 Å². The van der Waals surface area contributed by atoms with Crippen LogP contribution in [0, 0.1) is 6.92 Å². The minimum Gasteiger partial charge on any atom is -0.339 e. The van der Waals surface area contributed by atoms with Crippen molar-refractivity contribution >= 4 is 15.9 Å². The molecule has 0 saturated heterocycles. The van der Waals surface area contributed by atoms with Crippen LogP contribution in [-0.2, 0) is 21.2 Å². The van der Waals surface area contributed by atoms with Crippen LogP contribution in [0.5, 0.6) is 0 Å². The highest BCUT2D eigenvalue weighted by atomic mass is 32.2. The standard InChI is InChI=1S/C18H22N2O3S/c1-13-7-4-5-8-15(13)12-18(21)20(3)14(2)16-9-6-10-17(11-16)24(19,22)23/h4-11,14H,12H2,1-3H3,(H2,19,22,23)/t14-/m0/s1. The van der Waals surface area contributed by atoms with Gasteiger partial charge in [-0.1, -0.05) is 36.4 Å². The number of aryl methyl sites for hydroxylation is 1. The smallest absolute Gasteiger partial charge is 0.238 e. The first-order chi connectivity index (χ1) is 11.2. The molecule has 24 heavy (non-hydrogen) atoms. The summed E-state index contributed by atoms with van der Waals surface area (Å²) < 4.78 is 23.0. The zero-order valence-corrected chi connectivity index (χ0v) is 14.9. The van der Waals surface area contributed by atoms with Crippen molar-refractivity contribution in [1.29, 1.82) is 0 Å². The number of hydrogen-bond acceptors (Lipinski definition) is 3. The van der Waals surface area contributed by atoms with Crippen molar-refractivity contribution in [2.45, 2.75) is 31.2 Å². The topological polar surface area (TPSA) is 80.5 Å². The zero-order valence-electron chi connectivity index (χ0n) is 14.1. The summed E-state index contributed by atoms with van der Waals surface area (Å²) in [4.78, 5) is 14.2. The second kappa shape index (κ2) is 7.15.